The number of likely N-dealkylation sites (tertiary alicyclic amines) is 1. The van der Waals surface area contributed by atoms with Gasteiger partial charge in [0.1, 0.15) is 6.61 Å². The molecule has 2 aliphatic heterocycles. The summed E-state index contributed by atoms with van der Waals surface area (Å²) in [4.78, 5) is 25.9. The normalized spacial score (nSPS) is 20.1. The molecule has 2 saturated heterocycles. The Morgan fingerprint density at radius 2 is 2.14 bits per heavy atom. The fourth-order valence-corrected chi connectivity index (χ4v) is 3.93. The summed E-state index contributed by atoms with van der Waals surface area (Å²) >= 11 is 0. The van der Waals surface area contributed by atoms with Gasteiger partial charge in [-0.05, 0) is 19.8 Å². The van der Waals surface area contributed by atoms with Crippen LogP contribution in [0, 0.1) is 6.92 Å². The van der Waals surface area contributed by atoms with Crippen molar-refractivity contribution >= 4 is 11.9 Å². The molecule has 0 bridgehead atoms. The maximum absolute atomic E-state index is 12.4. The molecule has 156 valence electrons. The van der Waals surface area contributed by atoms with Crippen molar-refractivity contribution < 1.29 is 18.8 Å². The number of nitrogens with zero attached hydrogens (tertiary/aromatic N) is 5. The van der Waals surface area contributed by atoms with E-state index >= 15 is 0 Å². The molecular formula is C20H27N5O4. The molecule has 0 aromatic carbocycles. The number of rotatable bonds is 5. The highest BCUT2D eigenvalue weighted by atomic mass is 16.5. The molecule has 1 amide bonds. The molecule has 29 heavy (non-hydrogen) atoms. The zero-order valence-electron chi connectivity index (χ0n) is 17.0. The molecule has 0 aliphatic carbocycles. The average molecular weight is 401 g/mol. The van der Waals surface area contributed by atoms with Crippen LogP contribution in [-0.4, -0.2) is 79.0 Å². The Morgan fingerprint density at radius 1 is 1.31 bits per heavy atom. The number of morpholine rings is 1. The number of ether oxygens (including phenoxy) is 2. The summed E-state index contributed by atoms with van der Waals surface area (Å²) in [5.74, 6) is 1.47. The first-order chi connectivity index (χ1) is 14.2. The van der Waals surface area contributed by atoms with E-state index in [-0.39, 0.29) is 18.4 Å². The zero-order valence-corrected chi connectivity index (χ0v) is 17.0. The van der Waals surface area contributed by atoms with Gasteiger partial charge in [0.25, 0.3) is 0 Å². The fraction of sp³-hybridized carbons (Fsp3) is 0.600. The van der Waals surface area contributed by atoms with E-state index in [0.717, 1.165) is 49.4 Å². The molecule has 9 heteroatoms. The van der Waals surface area contributed by atoms with Crippen molar-refractivity contribution in [1.29, 1.82) is 0 Å². The number of anilines is 1. The minimum Gasteiger partial charge on any atom is -0.378 e. The molecule has 0 saturated carbocycles. The lowest BCUT2D eigenvalue weighted by Gasteiger charge is -2.33. The monoisotopic (exact) mass is 401 g/mol. The van der Waals surface area contributed by atoms with E-state index in [2.05, 4.69) is 15.0 Å². The Hall–Kier alpha value is -2.52. The Kier molecular flexibility index (Phi) is 6.05. The van der Waals surface area contributed by atoms with Crippen LogP contribution in [0.3, 0.4) is 0 Å². The summed E-state index contributed by atoms with van der Waals surface area (Å²) < 4.78 is 16.0. The van der Waals surface area contributed by atoms with Crippen LogP contribution in [0.2, 0.25) is 0 Å². The van der Waals surface area contributed by atoms with Gasteiger partial charge >= 0.3 is 0 Å². The van der Waals surface area contributed by atoms with E-state index in [0.29, 0.717) is 31.5 Å². The van der Waals surface area contributed by atoms with Crippen LogP contribution < -0.4 is 4.90 Å². The average Bonchev–Trinajstić information content (AvgIpc) is 3.20. The topological polar surface area (TPSA) is 93.8 Å². The van der Waals surface area contributed by atoms with E-state index < -0.39 is 0 Å². The summed E-state index contributed by atoms with van der Waals surface area (Å²) in [5, 5.41) is 4.02. The van der Waals surface area contributed by atoms with Crippen LogP contribution in [-0.2, 0) is 14.3 Å². The fourth-order valence-electron chi connectivity index (χ4n) is 3.93. The van der Waals surface area contributed by atoms with Crippen molar-refractivity contribution in [3.63, 3.8) is 0 Å². The first-order valence-corrected chi connectivity index (χ1v) is 10.1. The second-order valence-electron chi connectivity index (χ2n) is 7.51. The first kappa shape index (κ1) is 19.8. The molecule has 2 aromatic heterocycles. The number of methoxy groups -OCH3 is 1. The standard InChI is InChI=1S/C20H27N5O4/c1-14-10-17(29-23-14)16-11-21-20(24-6-8-28-9-7-24)22-19(16)15-4-3-5-25(12-15)18(26)13-27-2/h10-11,15H,3-9,12-13H2,1-2H3. The van der Waals surface area contributed by atoms with E-state index in [1.54, 1.807) is 7.11 Å². The minimum atomic E-state index is 0.0109. The molecule has 1 unspecified atom stereocenters. The Bertz CT molecular complexity index is 849. The summed E-state index contributed by atoms with van der Waals surface area (Å²) in [5.41, 5.74) is 2.56. The molecule has 4 heterocycles. The maximum atomic E-state index is 12.4. The van der Waals surface area contributed by atoms with Gasteiger partial charge in [-0.15, -0.1) is 0 Å². The number of carbonyl (C=O) groups excluding carboxylic acids is 1. The van der Waals surface area contributed by atoms with Gasteiger partial charge < -0.3 is 23.8 Å². The van der Waals surface area contributed by atoms with Gasteiger partial charge in [0, 0.05) is 51.5 Å². The molecule has 4 rings (SSSR count). The number of hydrogen-bond donors (Lipinski definition) is 0. The highest BCUT2D eigenvalue weighted by Gasteiger charge is 2.29. The summed E-state index contributed by atoms with van der Waals surface area (Å²) in [6, 6.07) is 1.90. The third kappa shape index (κ3) is 4.40. The molecule has 1 atom stereocenters. The van der Waals surface area contributed by atoms with Crippen LogP contribution in [0.1, 0.15) is 30.1 Å². The molecule has 0 radical (unpaired) electrons. The highest BCUT2D eigenvalue weighted by molar-refractivity contribution is 5.77. The van der Waals surface area contributed by atoms with E-state index in [4.69, 9.17) is 19.0 Å². The van der Waals surface area contributed by atoms with Crippen molar-refractivity contribution in [1.82, 2.24) is 20.0 Å². The first-order valence-electron chi connectivity index (χ1n) is 10.1. The smallest absolute Gasteiger partial charge is 0.248 e. The summed E-state index contributed by atoms with van der Waals surface area (Å²) in [6.45, 7) is 6.23. The third-order valence-electron chi connectivity index (χ3n) is 5.42. The van der Waals surface area contributed by atoms with Gasteiger partial charge in [-0.1, -0.05) is 5.16 Å². The van der Waals surface area contributed by atoms with Crippen molar-refractivity contribution in [3.05, 3.63) is 23.7 Å². The second kappa shape index (κ2) is 8.87. The van der Waals surface area contributed by atoms with Gasteiger partial charge in [-0.3, -0.25) is 4.79 Å². The molecule has 2 fully saturated rings. The van der Waals surface area contributed by atoms with Crippen LogP contribution >= 0.6 is 0 Å². The summed E-state index contributed by atoms with van der Waals surface area (Å²) in [7, 11) is 1.54. The predicted molar refractivity (Wildman–Crippen MR) is 106 cm³/mol. The molecule has 0 spiro atoms. The number of aromatic nitrogens is 3. The van der Waals surface area contributed by atoms with Crippen LogP contribution in [0.5, 0.6) is 0 Å². The van der Waals surface area contributed by atoms with Crippen molar-refractivity contribution in [2.75, 3.05) is 58.0 Å². The van der Waals surface area contributed by atoms with E-state index in [1.165, 1.54) is 0 Å². The van der Waals surface area contributed by atoms with Crippen molar-refractivity contribution in [3.8, 4) is 11.3 Å². The van der Waals surface area contributed by atoms with Gasteiger partial charge in [0.15, 0.2) is 5.76 Å². The Morgan fingerprint density at radius 3 is 2.86 bits per heavy atom. The summed E-state index contributed by atoms with van der Waals surface area (Å²) in [6.07, 6.45) is 3.70. The number of carbonyl (C=O) groups is 1. The maximum Gasteiger partial charge on any atom is 0.248 e. The number of aryl methyl sites for hydroxylation is 1. The van der Waals surface area contributed by atoms with Crippen LogP contribution in [0.25, 0.3) is 11.3 Å². The second-order valence-corrected chi connectivity index (χ2v) is 7.51. The highest BCUT2D eigenvalue weighted by Crippen LogP contribution is 2.34. The molecule has 9 nitrogen and oxygen atoms in total. The van der Waals surface area contributed by atoms with Crippen molar-refractivity contribution in [2.24, 2.45) is 0 Å². The van der Waals surface area contributed by atoms with Gasteiger partial charge in [0.05, 0.1) is 30.2 Å². The zero-order chi connectivity index (χ0) is 20.2. The van der Waals surface area contributed by atoms with Crippen molar-refractivity contribution in [2.45, 2.75) is 25.7 Å². The van der Waals surface area contributed by atoms with Crippen LogP contribution in [0.4, 0.5) is 5.95 Å². The number of hydrogen-bond acceptors (Lipinski definition) is 8. The predicted octanol–water partition coefficient (Wildman–Crippen LogP) is 1.63. The lowest BCUT2D eigenvalue weighted by molar-refractivity contribution is -0.136. The number of amides is 1. The van der Waals surface area contributed by atoms with Gasteiger partial charge in [-0.2, -0.15) is 0 Å². The quantitative estimate of drug-likeness (QED) is 0.746. The lowest BCUT2D eigenvalue weighted by Crippen LogP contribution is -2.41. The lowest BCUT2D eigenvalue weighted by atomic mass is 9.91. The molecule has 0 N–H and O–H groups in total. The van der Waals surface area contributed by atoms with Gasteiger partial charge in [0.2, 0.25) is 11.9 Å². The minimum absolute atomic E-state index is 0.0109. The molecule has 2 aromatic rings. The Balaban J connectivity index is 1.67. The van der Waals surface area contributed by atoms with E-state index in [1.807, 2.05) is 24.1 Å². The molecular weight excluding hydrogens is 374 g/mol. The SMILES string of the molecule is COCC(=O)N1CCCC(c2nc(N3CCOCC3)ncc2-c2cc(C)no2)C1. The third-order valence-corrected chi connectivity index (χ3v) is 5.42. The molecule has 2 aliphatic rings. The largest absolute Gasteiger partial charge is 0.378 e. The van der Waals surface area contributed by atoms with Gasteiger partial charge in [-0.25, -0.2) is 9.97 Å². The Labute approximate surface area is 170 Å². The van der Waals surface area contributed by atoms with E-state index in [9.17, 15) is 4.79 Å². The number of piperidine rings is 1. The van der Waals surface area contributed by atoms with Crippen LogP contribution in [0.15, 0.2) is 16.8 Å².